The highest BCUT2D eigenvalue weighted by molar-refractivity contribution is 5.79. The van der Waals surface area contributed by atoms with Gasteiger partial charge in [0.2, 0.25) is 0 Å². The third kappa shape index (κ3) is 7.98. The molecular weight excluding hydrogens is 239 g/mol. The van der Waals surface area contributed by atoms with E-state index < -0.39 is 24.1 Å². The zero-order valence-electron chi connectivity index (χ0n) is 9.97. The zero-order valence-corrected chi connectivity index (χ0v) is 9.97. The summed E-state index contributed by atoms with van der Waals surface area (Å²) >= 11 is 0. The van der Waals surface area contributed by atoms with Gasteiger partial charge >= 0.3 is 12.1 Å². The van der Waals surface area contributed by atoms with E-state index in [1.807, 2.05) is 0 Å². The van der Waals surface area contributed by atoms with Crippen LogP contribution in [0.4, 0.5) is 13.2 Å². The Kier molecular flexibility index (Phi) is 6.48. The van der Waals surface area contributed by atoms with E-state index in [0.717, 1.165) is 0 Å². The van der Waals surface area contributed by atoms with E-state index in [1.165, 1.54) is 14.0 Å². The monoisotopic (exact) mass is 257 g/mol. The molecule has 4 nitrogen and oxygen atoms in total. The van der Waals surface area contributed by atoms with E-state index in [0.29, 0.717) is 0 Å². The number of ether oxygens (including phenoxy) is 2. The van der Waals surface area contributed by atoms with E-state index in [2.05, 4.69) is 4.74 Å². The first kappa shape index (κ1) is 16.2. The molecule has 0 aliphatic carbocycles. The zero-order chi connectivity index (χ0) is 13.5. The van der Waals surface area contributed by atoms with Crippen LogP contribution in [0.1, 0.15) is 26.2 Å². The molecule has 1 atom stereocenters. The van der Waals surface area contributed by atoms with Gasteiger partial charge in [0.1, 0.15) is 5.54 Å². The number of hydrogen-bond donors (Lipinski definition) is 1. The lowest BCUT2D eigenvalue weighted by Gasteiger charge is -2.21. The van der Waals surface area contributed by atoms with Crippen molar-refractivity contribution in [3.8, 4) is 0 Å². The minimum atomic E-state index is -4.16. The van der Waals surface area contributed by atoms with E-state index in [1.54, 1.807) is 0 Å². The molecule has 0 bridgehead atoms. The van der Waals surface area contributed by atoms with Crippen LogP contribution < -0.4 is 5.73 Å². The minimum Gasteiger partial charge on any atom is -0.468 e. The summed E-state index contributed by atoms with van der Waals surface area (Å²) in [5.74, 6) is -0.573. The molecule has 17 heavy (non-hydrogen) atoms. The predicted octanol–water partition coefficient (Wildman–Crippen LogP) is 1.63. The molecule has 7 heteroatoms. The van der Waals surface area contributed by atoms with Gasteiger partial charge in [-0.25, -0.2) is 0 Å². The number of methoxy groups -OCH3 is 1. The molecule has 0 fully saturated rings. The van der Waals surface area contributed by atoms with Crippen LogP contribution in [0, 0.1) is 0 Å². The number of hydrogen-bond acceptors (Lipinski definition) is 4. The third-order valence-corrected chi connectivity index (χ3v) is 2.17. The van der Waals surface area contributed by atoms with Crippen molar-refractivity contribution in [1.29, 1.82) is 0 Å². The second kappa shape index (κ2) is 6.80. The first-order chi connectivity index (χ1) is 7.69. The molecular formula is C10H18F3NO3. The molecule has 0 heterocycles. The fraction of sp³-hybridized carbons (Fsp3) is 0.900. The van der Waals surface area contributed by atoms with Crippen molar-refractivity contribution < 1.29 is 27.4 Å². The van der Waals surface area contributed by atoms with Crippen LogP contribution in [0.2, 0.25) is 0 Å². The first-order valence-electron chi connectivity index (χ1n) is 5.21. The van der Waals surface area contributed by atoms with Crippen molar-refractivity contribution in [3.05, 3.63) is 0 Å². The summed E-state index contributed by atoms with van der Waals surface area (Å²) < 4.78 is 44.7. The van der Waals surface area contributed by atoms with Crippen LogP contribution >= 0.6 is 0 Å². The van der Waals surface area contributed by atoms with Crippen molar-refractivity contribution in [3.63, 3.8) is 0 Å². The van der Waals surface area contributed by atoms with Gasteiger partial charge in [-0.2, -0.15) is 13.2 Å². The largest absolute Gasteiger partial charge is 0.468 e. The highest BCUT2D eigenvalue weighted by Gasteiger charge is 2.29. The quantitative estimate of drug-likeness (QED) is 0.556. The Morgan fingerprint density at radius 3 is 2.29 bits per heavy atom. The van der Waals surface area contributed by atoms with Crippen molar-refractivity contribution in [2.45, 2.75) is 37.9 Å². The molecule has 0 radical (unpaired) electrons. The highest BCUT2D eigenvalue weighted by Crippen LogP contribution is 2.21. The number of nitrogens with two attached hydrogens (primary N) is 1. The first-order valence-corrected chi connectivity index (χ1v) is 5.21. The van der Waals surface area contributed by atoms with Gasteiger partial charge in [0.05, 0.1) is 7.11 Å². The lowest BCUT2D eigenvalue weighted by atomic mass is 10.0. The maximum absolute atomic E-state index is 11.8. The Morgan fingerprint density at radius 2 is 1.82 bits per heavy atom. The Morgan fingerprint density at radius 1 is 1.24 bits per heavy atom. The maximum Gasteiger partial charge on any atom is 0.389 e. The lowest BCUT2D eigenvalue weighted by molar-refractivity contribution is -0.147. The van der Waals surface area contributed by atoms with Crippen LogP contribution in [0.15, 0.2) is 0 Å². The minimum absolute atomic E-state index is 0.00321. The predicted molar refractivity (Wildman–Crippen MR) is 55.3 cm³/mol. The molecule has 1 unspecified atom stereocenters. The van der Waals surface area contributed by atoms with Crippen LogP contribution in [0.5, 0.6) is 0 Å². The summed E-state index contributed by atoms with van der Waals surface area (Å²) in [7, 11) is 1.22. The average molecular weight is 257 g/mol. The highest BCUT2D eigenvalue weighted by atomic mass is 19.4. The number of carbonyl (C=O) groups is 1. The van der Waals surface area contributed by atoms with Gasteiger partial charge in [-0.1, -0.05) is 0 Å². The standard InChI is InChI=1S/C10H18F3NO3/c1-9(14,8(15)16-2)5-7-17-6-3-4-10(11,12)13/h3-7,14H2,1-2H3. The normalized spacial score (nSPS) is 15.4. The summed E-state index contributed by atoms with van der Waals surface area (Å²) in [5, 5.41) is 0. The number of halogens is 3. The van der Waals surface area contributed by atoms with Crippen molar-refractivity contribution in [2.24, 2.45) is 5.73 Å². The van der Waals surface area contributed by atoms with Gasteiger partial charge in [-0.15, -0.1) is 0 Å². The van der Waals surface area contributed by atoms with E-state index in [9.17, 15) is 18.0 Å². The molecule has 2 N–H and O–H groups in total. The molecule has 0 rings (SSSR count). The van der Waals surface area contributed by atoms with Crippen LogP contribution in [-0.2, 0) is 14.3 Å². The van der Waals surface area contributed by atoms with Gasteiger partial charge in [-0.05, 0) is 19.8 Å². The Bertz CT molecular complexity index is 241. The van der Waals surface area contributed by atoms with Crippen molar-refractivity contribution in [2.75, 3.05) is 20.3 Å². The third-order valence-electron chi connectivity index (χ3n) is 2.17. The van der Waals surface area contributed by atoms with Gasteiger partial charge in [0.15, 0.2) is 0 Å². The molecule has 0 aliphatic heterocycles. The van der Waals surface area contributed by atoms with E-state index >= 15 is 0 Å². The summed E-state index contributed by atoms with van der Waals surface area (Å²) in [6, 6.07) is 0. The van der Waals surface area contributed by atoms with Crippen LogP contribution in [-0.4, -0.2) is 38.0 Å². The van der Waals surface area contributed by atoms with Gasteiger partial charge in [0, 0.05) is 19.6 Å². The molecule has 0 aromatic carbocycles. The second-order valence-corrected chi connectivity index (χ2v) is 3.99. The molecule has 0 saturated heterocycles. The molecule has 0 aliphatic rings. The molecule has 0 aromatic heterocycles. The Labute approximate surface area is 98.2 Å². The molecule has 0 aromatic rings. The molecule has 102 valence electrons. The van der Waals surface area contributed by atoms with Gasteiger partial charge in [0.25, 0.3) is 0 Å². The molecule has 0 amide bonds. The van der Waals surface area contributed by atoms with Gasteiger partial charge in [-0.3, -0.25) is 4.79 Å². The fourth-order valence-corrected chi connectivity index (χ4v) is 1.10. The Hall–Kier alpha value is -0.820. The van der Waals surface area contributed by atoms with E-state index in [-0.39, 0.29) is 26.1 Å². The number of esters is 1. The number of alkyl halides is 3. The second-order valence-electron chi connectivity index (χ2n) is 3.99. The van der Waals surface area contributed by atoms with E-state index in [4.69, 9.17) is 10.5 Å². The maximum atomic E-state index is 11.8. The number of carbonyl (C=O) groups excluding carboxylic acids is 1. The SMILES string of the molecule is COC(=O)C(C)(N)CCOCCCC(F)(F)F. The van der Waals surface area contributed by atoms with Crippen LogP contribution in [0.25, 0.3) is 0 Å². The summed E-state index contributed by atoms with van der Waals surface area (Å²) in [6.45, 7) is 1.61. The summed E-state index contributed by atoms with van der Waals surface area (Å²) in [4.78, 5) is 11.1. The topological polar surface area (TPSA) is 61.5 Å². The Balaban J connectivity index is 3.62. The van der Waals surface area contributed by atoms with Crippen LogP contribution in [0.3, 0.4) is 0 Å². The molecule has 0 saturated carbocycles. The fourth-order valence-electron chi connectivity index (χ4n) is 1.10. The summed E-state index contributed by atoms with van der Waals surface area (Å²) in [6.07, 6.45) is -4.92. The lowest BCUT2D eigenvalue weighted by Crippen LogP contribution is -2.46. The van der Waals surface area contributed by atoms with Crippen molar-refractivity contribution >= 4 is 5.97 Å². The average Bonchev–Trinajstić information content (AvgIpc) is 2.20. The summed E-state index contributed by atoms with van der Waals surface area (Å²) in [5.41, 5.74) is 4.45. The molecule has 0 spiro atoms. The van der Waals surface area contributed by atoms with Crippen molar-refractivity contribution in [1.82, 2.24) is 0 Å². The number of rotatable bonds is 7. The smallest absolute Gasteiger partial charge is 0.389 e. The van der Waals surface area contributed by atoms with Gasteiger partial charge < -0.3 is 15.2 Å².